The Morgan fingerprint density at radius 3 is 2.82 bits per heavy atom. The van der Waals surface area contributed by atoms with Gasteiger partial charge in [-0.1, -0.05) is 42.5 Å². The van der Waals surface area contributed by atoms with Gasteiger partial charge in [0.25, 0.3) is 0 Å². The van der Waals surface area contributed by atoms with Gasteiger partial charge in [-0.15, -0.1) is 0 Å². The second kappa shape index (κ2) is 6.46. The van der Waals surface area contributed by atoms with E-state index >= 15 is 0 Å². The molecule has 0 bridgehead atoms. The number of benzene rings is 2. The van der Waals surface area contributed by atoms with Crippen molar-refractivity contribution in [2.75, 3.05) is 20.1 Å². The van der Waals surface area contributed by atoms with E-state index in [-0.39, 0.29) is 11.9 Å². The van der Waals surface area contributed by atoms with Crippen molar-refractivity contribution in [3.05, 3.63) is 48.0 Å². The Balaban J connectivity index is 1.65. The van der Waals surface area contributed by atoms with Crippen LogP contribution in [0.1, 0.15) is 12.0 Å². The zero-order valence-electron chi connectivity index (χ0n) is 12.8. The lowest BCUT2D eigenvalue weighted by Gasteiger charge is -2.21. The molecule has 4 nitrogen and oxygen atoms in total. The second-order valence-corrected chi connectivity index (χ2v) is 6.00. The number of likely N-dealkylation sites (N-methyl/N-ethyl adjacent to an activating group) is 1. The third-order valence-corrected chi connectivity index (χ3v) is 4.38. The van der Waals surface area contributed by atoms with E-state index in [0.29, 0.717) is 19.5 Å². The molecule has 0 spiro atoms. The van der Waals surface area contributed by atoms with Crippen LogP contribution in [0.4, 0.5) is 0 Å². The summed E-state index contributed by atoms with van der Waals surface area (Å²) in [5, 5.41) is 15.1. The monoisotopic (exact) mass is 298 g/mol. The van der Waals surface area contributed by atoms with Gasteiger partial charge in [0.2, 0.25) is 5.91 Å². The van der Waals surface area contributed by atoms with Crippen molar-refractivity contribution in [2.45, 2.75) is 25.0 Å². The molecule has 1 fully saturated rings. The lowest BCUT2D eigenvalue weighted by molar-refractivity contribution is -0.131. The highest BCUT2D eigenvalue weighted by Crippen LogP contribution is 2.19. The Morgan fingerprint density at radius 1 is 1.27 bits per heavy atom. The van der Waals surface area contributed by atoms with Gasteiger partial charge in [-0.05, 0) is 29.2 Å². The third kappa shape index (κ3) is 3.13. The molecular formula is C18H22N2O2. The summed E-state index contributed by atoms with van der Waals surface area (Å²) in [5.74, 6) is 0.0665. The van der Waals surface area contributed by atoms with Crippen molar-refractivity contribution in [1.29, 1.82) is 0 Å². The summed E-state index contributed by atoms with van der Waals surface area (Å²) in [6.07, 6.45) is 0.941. The van der Waals surface area contributed by atoms with Crippen LogP contribution in [0.25, 0.3) is 10.8 Å². The van der Waals surface area contributed by atoms with E-state index < -0.39 is 6.10 Å². The van der Waals surface area contributed by atoms with E-state index in [1.165, 1.54) is 16.3 Å². The number of carbonyl (C=O) groups excluding carboxylic acids is 1. The van der Waals surface area contributed by atoms with E-state index in [1.54, 1.807) is 4.90 Å². The highest BCUT2D eigenvalue weighted by molar-refractivity contribution is 5.86. The largest absolute Gasteiger partial charge is 0.392 e. The molecular weight excluding hydrogens is 276 g/mol. The smallest absolute Gasteiger partial charge is 0.239 e. The average molecular weight is 298 g/mol. The van der Waals surface area contributed by atoms with Crippen molar-refractivity contribution in [1.82, 2.24) is 10.2 Å². The van der Waals surface area contributed by atoms with Crippen molar-refractivity contribution in [2.24, 2.45) is 0 Å². The maximum atomic E-state index is 12.3. The predicted octanol–water partition coefficient (Wildman–Crippen LogP) is 1.56. The van der Waals surface area contributed by atoms with E-state index in [0.717, 1.165) is 6.42 Å². The SMILES string of the molecule is CN(CCc1cccc2ccccc12)C(=O)C1CC(O)CN1. The topological polar surface area (TPSA) is 52.6 Å². The number of hydrogen-bond acceptors (Lipinski definition) is 3. The molecule has 3 rings (SSSR count). The molecule has 1 aliphatic heterocycles. The van der Waals surface area contributed by atoms with Crippen LogP contribution < -0.4 is 5.32 Å². The van der Waals surface area contributed by atoms with Crippen LogP contribution in [0.3, 0.4) is 0 Å². The Bertz CT molecular complexity index is 666. The van der Waals surface area contributed by atoms with Gasteiger partial charge in [-0.2, -0.15) is 0 Å². The number of nitrogens with zero attached hydrogens (tertiary/aromatic N) is 1. The van der Waals surface area contributed by atoms with Crippen molar-refractivity contribution < 1.29 is 9.90 Å². The molecule has 4 heteroatoms. The Kier molecular flexibility index (Phi) is 4.41. The number of β-amino-alcohol motifs (C(OH)–C–C–N with tert-alkyl or cyclic N) is 1. The molecule has 2 atom stereocenters. The van der Waals surface area contributed by atoms with Gasteiger partial charge in [0.15, 0.2) is 0 Å². The normalized spacial score (nSPS) is 21.2. The molecule has 1 heterocycles. The number of aliphatic hydroxyl groups excluding tert-OH is 1. The first-order valence-corrected chi connectivity index (χ1v) is 7.78. The van der Waals surface area contributed by atoms with E-state index in [1.807, 2.05) is 19.2 Å². The zero-order valence-corrected chi connectivity index (χ0v) is 12.8. The van der Waals surface area contributed by atoms with Crippen LogP contribution in [0.15, 0.2) is 42.5 Å². The standard InChI is InChI=1S/C18H22N2O2/c1-20(18(22)17-11-15(21)12-19-17)10-9-14-7-4-6-13-5-2-3-8-16(13)14/h2-8,15,17,19,21H,9-12H2,1H3. The summed E-state index contributed by atoms with van der Waals surface area (Å²) in [6.45, 7) is 1.19. The van der Waals surface area contributed by atoms with Gasteiger partial charge >= 0.3 is 0 Å². The van der Waals surface area contributed by atoms with Gasteiger partial charge in [0.1, 0.15) is 0 Å². The lowest BCUT2D eigenvalue weighted by Crippen LogP contribution is -2.42. The summed E-state index contributed by atoms with van der Waals surface area (Å²) in [7, 11) is 1.83. The van der Waals surface area contributed by atoms with Gasteiger partial charge in [-0.25, -0.2) is 0 Å². The number of hydrogen-bond donors (Lipinski definition) is 2. The summed E-state index contributed by atoms with van der Waals surface area (Å²) in [6, 6.07) is 14.4. The highest BCUT2D eigenvalue weighted by Gasteiger charge is 2.29. The molecule has 0 aromatic heterocycles. The van der Waals surface area contributed by atoms with Gasteiger partial charge in [0.05, 0.1) is 12.1 Å². The average Bonchev–Trinajstić information content (AvgIpc) is 2.98. The summed E-state index contributed by atoms with van der Waals surface area (Å²) in [5.41, 5.74) is 1.26. The van der Waals surface area contributed by atoms with Crippen LogP contribution >= 0.6 is 0 Å². The molecule has 116 valence electrons. The van der Waals surface area contributed by atoms with Crippen LogP contribution in [-0.2, 0) is 11.2 Å². The number of amides is 1. The maximum absolute atomic E-state index is 12.3. The van der Waals surface area contributed by atoms with E-state index in [9.17, 15) is 9.90 Å². The summed E-state index contributed by atoms with van der Waals surface area (Å²) in [4.78, 5) is 14.1. The van der Waals surface area contributed by atoms with Crippen LogP contribution in [0.2, 0.25) is 0 Å². The molecule has 22 heavy (non-hydrogen) atoms. The lowest BCUT2D eigenvalue weighted by atomic mass is 10.0. The van der Waals surface area contributed by atoms with E-state index in [2.05, 4.69) is 35.6 Å². The van der Waals surface area contributed by atoms with Crippen molar-refractivity contribution in [3.63, 3.8) is 0 Å². The Morgan fingerprint density at radius 2 is 2.05 bits per heavy atom. The van der Waals surface area contributed by atoms with Crippen LogP contribution in [0, 0.1) is 0 Å². The third-order valence-electron chi connectivity index (χ3n) is 4.38. The molecule has 2 aromatic carbocycles. The zero-order chi connectivity index (χ0) is 15.5. The quantitative estimate of drug-likeness (QED) is 0.901. The second-order valence-electron chi connectivity index (χ2n) is 6.00. The fraction of sp³-hybridized carbons (Fsp3) is 0.389. The molecule has 1 aliphatic rings. The fourth-order valence-corrected chi connectivity index (χ4v) is 3.08. The Hall–Kier alpha value is -1.91. The molecule has 0 saturated carbocycles. The minimum absolute atomic E-state index is 0.0665. The number of nitrogens with one attached hydrogen (secondary N) is 1. The molecule has 0 aliphatic carbocycles. The molecule has 0 radical (unpaired) electrons. The molecule has 2 unspecified atom stereocenters. The first kappa shape index (κ1) is 15.0. The van der Waals surface area contributed by atoms with Crippen molar-refractivity contribution in [3.8, 4) is 0 Å². The number of aliphatic hydroxyl groups is 1. The predicted molar refractivity (Wildman–Crippen MR) is 87.7 cm³/mol. The number of carbonyl (C=O) groups is 1. The van der Waals surface area contributed by atoms with Gasteiger partial charge in [0, 0.05) is 20.1 Å². The minimum Gasteiger partial charge on any atom is -0.392 e. The molecule has 2 N–H and O–H groups in total. The summed E-state index contributed by atoms with van der Waals surface area (Å²) < 4.78 is 0. The first-order valence-electron chi connectivity index (χ1n) is 7.78. The highest BCUT2D eigenvalue weighted by atomic mass is 16.3. The van der Waals surface area contributed by atoms with Crippen molar-refractivity contribution >= 4 is 16.7 Å². The first-order chi connectivity index (χ1) is 10.6. The van der Waals surface area contributed by atoms with Crippen LogP contribution in [0.5, 0.6) is 0 Å². The molecule has 1 saturated heterocycles. The number of rotatable bonds is 4. The van der Waals surface area contributed by atoms with E-state index in [4.69, 9.17) is 0 Å². The molecule has 1 amide bonds. The fourth-order valence-electron chi connectivity index (χ4n) is 3.08. The maximum Gasteiger partial charge on any atom is 0.239 e. The van der Waals surface area contributed by atoms with Gasteiger partial charge in [-0.3, -0.25) is 4.79 Å². The minimum atomic E-state index is -0.402. The Labute approximate surface area is 130 Å². The van der Waals surface area contributed by atoms with Gasteiger partial charge < -0.3 is 15.3 Å². The van der Waals surface area contributed by atoms with Crippen LogP contribution in [-0.4, -0.2) is 48.2 Å². The summed E-state index contributed by atoms with van der Waals surface area (Å²) >= 11 is 0. The number of fused-ring (bicyclic) bond motifs is 1. The molecule has 2 aromatic rings.